The maximum atomic E-state index is 8.78. The highest BCUT2D eigenvalue weighted by molar-refractivity contribution is 4.54. The van der Waals surface area contributed by atoms with Crippen molar-refractivity contribution in [1.82, 2.24) is 0 Å². The SMILES string of the molecule is COCCOCCOCCOCCOCCOCCOCC(COO)OCCOCCOCCOCCOCCOCCOC. The molecule has 0 fully saturated rings. The van der Waals surface area contributed by atoms with Crippen molar-refractivity contribution in [2.24, 2.45) is 0 Å². The first-order chi connectivity index (χ1) is 22.3. The molecule has 0 aromatic rings. The summed E-state index contributed by atoms with van der Waals surface area (Å²) in [6.07, 6.45) is -0.429. The van der Waals surface area contributed by atoms with Crippen LogP contribution in [-0.4, -0.2) is 197 Å². The minimum atomic E-state index is -0.429. The monoisotopic (exact) mass is 664 g/mol. The first-order valence-corrected chi connectivity index (χ1v) is 15.6. The Bertz CT molecular complexity index is 523. The Morgan fingerprint density at radius 3 is 0.822 bits per heavy atom. The Kier molecular flexibility index (Phi) is 40.8. The van der Waals surface area contributed by atoms with Crippen LogP contribution < -0.4 is 0 Å². The van der Waals surface area contributed by atoms with E-state index in [2.05, 4.69) is 4.89 Å². The van der Waals surface area contributed by atoms with Crippen molar-refractivity contribution in [2.45, 2.75) is 6.10 Å². The predicted molar refractivity (Wildman–Crippen MR) is 161 cm³/mol. The fourth-order valence-electron chi connectivity index (χ4n) is 3.08. The lowest BCUT2D eigenvalue weighted by molar-refractivity contribution is -0.264. The quantitative estimate of drug-likeness (QED) is 0.0541. The molecule has 0 rings (SSSR count). The Labute approximate surface area is 268 Å². The molecule has 272 valence electrons. The molecule has 0 amide bonds. The van der Waals surface area contributed by atoms with Crippen LogP contribution in [0.15, 0.2) is 0 Å². The molecule has 0 aromatic heterocycles. The van der Waals surface area contributed by atoms with E-state index in [1.54, 1.807) is 14.2 Å². The lowest BCUT2D eigenvalue weighted by Crippen LogP contribution is -2.28. The maximum Gasteiger partial charge on any atom is 0.110 e. The molecule has 0 radical (unpaired) electrons. The van der Waals surface area contributed by atoms with Crippen molar-refractivity contribution in [1.29, 1.82) is 0 Å². The molecule has 1 N–H and O–H groups in total. The topological polar surface area (TPSA) is 159 Å². The number of methoxy groups -OCH3 is 2. The third-order valence-corrected chi connectivity index (χ3v) is 5.36. The first-order valence-electron chi connectivity index (χ1n) is 15.6. The summed E-state index contributed by atoms with van der Waals surface area (Å²) in [6, 6.07) is 0. The van der Waals surface area contributed by atoms with Crippen LogP contribution in [0.2, 0.25) is 0 Å². The van der Waals surface area contributed by atoms with Crippen LogP contribution in [0.1, 0.15) is 0 Å². The molecule has 0 aliphatic heterocycles. The fourth-order valence-corrected chi connectivity index (χ4v) is 3.08. The first kappa shape index (κ1) is 44.4. The van der Waals surface area contributed by atoms with Crippen LogP contribution >= 0.6 is 0 Å². The van der Waals surface area contributed by atoms with Gasteiger partial charge in [-0.2, -0.15) is 0 Å². The van der Waals surface area contributed by atoms with E-state index in [1.807, 2.05) is 0 Å². The van der Waals surface area contributed by atoms with Crippen LogP contribution in [0, 0.1) is 0 Å². The third kappa shape index (κ3) is 39.5. The highest BCUT2D eigenvalue weighted by Crippen LogP contribution is 1.96. The van der Waals surface area contributed by atoms with Gasteiger partial charge in [0.1, 0.15) is 12.7 Å². The van der Waals surface area contributed by atoms with Crippen LogP contribution in [0.3, 0.4) is 0 Å². The van der Waals surface area contributed by atoms with Crippen molar-refractivity contribution in [3.8, 4) is 0 Å². The molecule has 16 nitrogen and oxygen atoms in total. The van der Waals surface area contributed by atoms with Gasteiger partial charge >= 0.3 is 0 Å². The van der Waals surface area contributed by atoms with E-state index < -0.39 is 6.10 Å². The zero-order chi connectivity index (χ0) is 32.6. The van der Waals surface area contributed by atoms with Gasteiger partial charge in [0.25, 0.3) is 0 Å². The van der Waals surface area contributed by atoms with E-state index in [0.717, 1.165) is 0 Å². The van der Waals surface area contributed by atoms with Gasteiger partial charge in [-0.3, -0.25) is 5.26 Å². The summed E-state index contributed by atoms with van der Waals surface area (Å²) >= 11 is 0. The standard InChI is InChI=1S/C29H60O16/c1-31-3-5-33-7-9-35-11-13-37-15-16-39-19-20-41-23-24-43-27-29(28-45-30)44-26-25-42-22-21-40-18-17-38-14-12-36-10-8-34-6-4-32-2/h29-30H,3-28H2,1-2H3. The van der Waals surface area contributed by atoms with Crippen LogP contribution in [0.5, 0.6) is 0 Å². The Hall–Kier alpha value is -0.640. The minimum absolute atomic E-state index is 0.0114. The van der Waals surface area contributed by atoms with Gasteiger partial charge in [-0.15, -0.1) is 0 Å². The Morgan fingerprint density at radius 2 is 0.556 bits per heavy atom. The van der Waals surface area contributed by atoms with Crippen molar-refractivity contribution in [2.75, 3.05) is 186 Å². The average Bonchev–Trinajstić information content (AvgIpc) is 3.05. The van der Waals surface area contributed by atoms with Gasteiger partial charge in [0.2, 0.25) is 0 Å². The molecule has 1 atom stereocenters. The molecular weight excluding hydrogens is 604 g/mol. The Morgan fingerprint density at radius 1 is 0.311 bits per heavy atom. The number of ether oxygens (including phenoxy) is 14. The summed E-state index contributed by atoms with van der Waals surface area (Å²) in [7, 11) is 3.27. The molecule has 0 aliphatic carbocycles. The van der Waals surface area contributed by atoms with E-state index in [-0.39, 0.29) is 13.2 Å². The maximum absolute atomic E-state index is 8.78. The van der Waals surface area contributed by atoms with Crippen molar-refractivity contribution < 1.29 is 76.5 Å². The summed E-state index contributed by atoms with van der Waals surface area (Å²) in [4.78, 5) is 4.21. The number of rotatable bonds is 41. The summed E-state index contributed by atoms with van der Waals surface area (Å²) in [5.41, 5.74) is 0. The summed E-state index contributed by atoms with van der Waals surface area (Å²) in [5.74, 6) is 0. The summed E-state index contributed by atoms with van der Waals surface area (Å²) in [5, 5.41) is 8.78. The lowest BCUT2D eigenvalue weighted by Gasteiger charge is -2.16. The van der Waals surface area contributed by atoms with E-state index >= 15 is 0 Å². The number of hydrogen-bond acceptors (Lipinski definition) is 16. The van der Waals surface area contributed by atoms with E-state index in [1.165, 1.54) is 0 Å². The van der Waals surface area contributed by atoms with E-state index in [0.29, 0.717) is 159 Å². The molecule has 0 spiro atoms. The lowest BCUT2D eigenvalue weighted by atomic mass is 10.4. The van der Waals surface area contributed by atoms with Crippen LogP contribution in [-0.2, 0) is 71.2 Å². The second-order valence-corrected chi connectivity index (χ2v) is 8.97. The van der Waals surface area contributed by atoms with Gasteiger partial charge in [-0.05, 0) is 0 Å². The highest BCUT2D eigenvalue weighted by Gasteiger charge is 2.10. The van der Waals surface area contributed by atoms with E-state index in [4.69, 9.17) is 71.6 Å². The molecule has 1 unspecified atom stereocenters. The third-order valence-electron chi connectivity index (χ3n) is 5.36. The second kappa shape index (κ2) is 41.4. The van der Waals surface area contributed by atoms with Gasteiger partial charge in [-0.1, -0.05) is 0 Å². The summed E-state index contributed by atoms with van der Waals surface area (Å²) in [6.45, 7) is 11.9. The molecule has 0 heterocycles. The van der Waals surface area contributed by atoms with Crippen LogP contribution in [0.25, 0.3) is 0 Å². The smallest absolute Gasteiger partial charge is 0.110 e. The largest absolute Gasteiger partial charge is 0.382 e. The molecule has 0 aliphatic rings. The number of hydrogen-bond donors (Lipinski definition) is 1. The normalized spacial score (nSPS) is 12.3. The Balaban J connectivity index is 3.33. The molecule has 16 heteroatoms. The summed E-state index contributed by atoms with van der Waals surface area (Å²) < 4.78 is 75.1. The van der Waals surface area contributed by atoms with Crippen LogP contribution in [0.4, 0.5) is 0 Å². The highest BCUT2D eigenvalue weighted by atomic mass is 17.1. The van der Waals surface area contributed by atoms with Gasteiger partial charge < -0.3 is 66.3 Å². The van der Waals surface area contributed by atoms with Gasteiger partial charge in [0.15, 0.2) is 0 Å². The average molecular weight is 665 g/mol. The van der Waals surface area contributed by atoms with Crippen molar-refractivity contribution >= 4 is 0 Å². The molecule has 0 saturated carbocycles. The zero-order valence-corrected chi connectivity index (χ0v) is 27.5. The molecule has 0 saturated heterocycles. The van der Waals surface area contributed by atoms with Gasteiger partial charge in [0, 0.05) is 14.2 Å². The molecule has 0 bridgehead atoms. The molecule has 0 aromatic carbocycles. The fraction of sp³-hybridized carbons (Fsp3) is 1.00. The van der Waals surface area contributed by atoms with E-state index in [9.17, 15) is 0 Å². The van der Waals surface area contributed by atoms with Crippen molar-refractivity contribution in [3.63, 3.8) is 0 Å². The van der Waals surface area contributed by atoms with Gasteiger partial charge in [-0.25, -0.2) is 4.89 Å². The minimum Gasteiger partial charge on any atom is -0.382 e. The van der Waals surface area contributed by atoms with Crippen molar-refractivity contribution in [3.05, 3.63) is 0 Å². The predicted octanol–water partition coefficient (Wildman–Crippen LogP) is 0.337. The molecular formula is C29H60O16. The second-order valence-electron chi connectivity index (χ2n) is 8.97. The zero-order valence-electron chi connectivity index (χ0n) is 27.5. The molecule has 45 heavy (non-hydrogen) atoms. The van der Waals surface area contributed by atoms with Gasteiger partial charge in [0.05, 0.1) is 165 Å².